The molecule has 0 atom stereocenters. The van der Waals surface area contributed by atoms with E-state index in [4.69, 9.17) is 11.1 Å². The number of hydrogen-bond donors (Lipinski definition) is 2. The first-order valence-corrected chi connectivity index (χ1v) is 4.58. The molecule has 0 aromatic carbocycles. The fourth-order valence-electron chi connectivity index (χ4n) is 1.14. The van der Waals surface area contributed by atoms with Crippen molar-refractivity contribution in [3.8, 4) is 0 Å². The third-order valence-corrected chi connectivity index (χ3v) is 2.02. The second-order valence-electron chi connectivity index (χ2n) is 3.38. The van der Waals surface area contributed by atoms with E-state index in [1.54, 1.807) is 6.20 Å². The van der Waals surface area contributed by atoms with Crippen LogP contribution in [0.15, 0.2) is 30.1 Å². The average molecular weight is 189 g/mol. The zero-order valence-electron chi connectivity index (χ0n) is 8.49. The summed E-state index contributed by atoms with van der Waals surface area (Å²) >= 11 is 0. The Kier molecular flexibility index (Phi) is 3.40. The van der Waals surface area contributed by atoms with Gasteiger partial charge in [0.2, 0.25) is 0 Å². The lowest BCUT2D eigenvalue weighted by molar-refractivity contribution is 0.761. The van der Waals surface area contributed by atoms with Crippen molar-refractivity contribution in [2.45, 2.75) is 13.8 Å². The molecule has 0 amide bonds. The second-order valence-corrected chi connectivity index (χ2v) is 3.38. The number of nitrogens with zero attached hydrogens (tertiary/aromatic N) is 1. The summed E-state index contributed by atoms with van der Waals surface area (Å²) in [5.74, 6) is 0.230. The Labute approximate surface area is 84.2 Å². The van der Waals surface area contributed by atoms with E-state index in [2.05, 4.69) is 4.98 Å². The van der Waals surface area contributed by atoms with Gasteiger partial charge < -0.3 is 11.1 Å². The molecule has 0 saturated carbocycles. The van der Waals surface area contributed by atoms with E-state index < -0.39 is 0 Å². The number of aromatic nitrogens is 1. The van der Waals surface area contributed by atoms with Crippen LogP contribution in [0.1, 0.15) is 19.5 Å². The molecular weight excluding hydrogens is 174 g/mol. The zero-order chi connectivity index (χ0) is 10.6. The van der Waals surface area contributed by atoms with Crippen LogP contribution in [0.2, 0.25) is 0 Å². The van der Waals surface area contributed by atoms with Gasteiger partial charge in [-0.25, -0.2) is 0 Å². The van der Waals surface area contributed by atoms with Gasteiger partial charge in [0.15, 0.2) is 0 Å². The summed E-state index contributed by atoms with van der Waals surface area (Å²) in [5.41, 5.74) is 8.07. The molecule has 0 aliphatic rings. The van der Waals surface area contributed by atoms with Gasteiger partial charge in [0.05, 0.1) is 5.69 Å². The van der Waals surface area contributed by atoms with Gasteiger partial charge in [-0.15, -0.1) is 0 Å². The molecule has 1 aromatic rings. The molecule has 0 aliphatic heterocycles. The number of rotatable bonds is 3. The summed E-state index contributed by atoms with van der Waals surface area (Å²) in [6.45, 7) is 4.00. The van der Waals surface area contributed by atoms with Gasteiger partial charge >= 0.3 is 0 Å². The van der Waals surface area contributed by atoms with Crippen LogP contribution >= 0.6 is 0 Å². The molecule has 0 radical (unpaired) electrons. The number of allylic oxidation sites excluding steroid dienone is 2. The topological polar surface area (TPSA) is 62.8 Å². The van der Waals surface area contributed by atoms with Crippen molar-refractivity contribution in [2.75, 3.05) is 0 Å². The first-order chi connectivity index (χ1) is 6.66. The maximum absolute atomic E-state index is 7.32. The molecule has 3 N–H and O–H groups in total. The van der Waals surface area contributed by atoms with E-state index >= 15 is 0 Å². The van der Waals surface area contributed by atoms with E-state index in [1.165, 1.54) is 6.21 Å². The lowest BCUT2D eigenvalue weighted by Gasteiger charge is -2.09. The molecule has 3 heteroatoms. The summed E-state index contributed by atoms with van der Waals surface area (Å²) in [4.78, 5) is 4.16. The Balaban J connectivity index is 3.17. The van der Waals surface area contributed by atoms with Crippen molar-refractivity contribution in [1.29, 1.82) is 5.41 Å². The van der Waals surface area contributed by atoms with Gasteiger partial charge in [0.1, 0.15) is 0 Å². The van der Waals surface area contributed by atoms with Crippen LogP contribution in [0.4, 0.5) is 0 Å². The molecule has 0 aliphatic carbocycles. The van der Waals surface area contributed by atoms with Crippen LogP contribution in [-0.2, 0) is 0 Å². The monoisotopic (exact) mass is 189 g/mol. The summed E-state index contributed by atoms with van der Waals surface area (Å²) in [6.07, 6.45) is 2.96. The van der Waals surface area contributed by atoms with E-state index in [0.29, 0.717) is 11.3 Å². The summed E-state index contributed by atoms with van der Waals surface area (Å²) in [7, 11) is 0. The normalized spacial score (nSPS) is 12.5. The molecule has 3 nitrogen and oxygen atoms in total. The van der Waals surface area contributed by atoms with Crippen molar-refractivity contribution in [2.24, 2.45) is 11.7 Å². The maximum atomic E-state index is 7.32. The first kappa shape index (κ1) is 10.4. The smallest absolute Gasteiger partial charge is 0.0734 e. The molecule has 14 heavy (non-hydrogen) atoms. The fourth-order valence-corrected chi connectivity index (χ4v) is 1.14. The maximum Gasteiger partial charge on any atom is 0.0734 e. The van der Waals surface area contributed by atoms with Gasteiger partial charge in [-0.05, 0) is 18.1 Å². The molecule has 0 unspecified atom stereocenters. The summed E-state index contributed by atoms with van der Waals surface area (Å²) < 4.78 is 0. The lowest BCUT2D eigenvalue weighted by Crippen LogP contribution is -2.10. The largest absolute Gasteiger partial charge is 0.401 e. The number of hydrogen-bond acceptors (Lipinski definition) is 3. The number of nitrogens with two attached hydrogens (primary N) is 1. The molecule has 0 saturated heterocycles. The SMILES string of the molecule is CC(C)C(N)=C(C=N)c1ccccn1. The van der Waals surface area contributed by atoms with Crippen molar-refractivity contribution in [3.05, 3.63) is 35.8 Å². The molecular formula is C11H15N3. The first-order valence-electron chi connectivity index (χ1n) is 4.58. The summed E-state index contributed by atoms with van der Waals surface area (Å²) in [5, 5.41) is 7.32. The predicted octanol–water partition coefficient (Wildman–Crippen LogP) is 2.06. The van der Waals surface area contributed by atoms with Gasteiger partial charge in [0, 0.05) is 23.7 Å². The van der Waals surface area contributed by atoms with Crippen molar-refractivity contribution in [3.63, 3.8) is 0 Å². The van der Waals surface area contributed by atoms with Crippen LogP contribution < -0.4 is 5.73 Å². The Morgan fingerprint density at radius 2 is 2.21 bits per heavy atom. The minimum Gasteiger partial charge on any atom is -0.401 e. The Morgan fingerprint density at radius 1 is 1.50 bits per heavy atom. The van der Waals surface area contributed by atoms with E-state index in [1.807, 2.05) is 32.0 Å². The lowest BCUT2D eigenvalue weighted by atomic mass is 10.0. The number of nitrogens with one attached hydrogen (secondary N) is 1. The van der Waals surface area contributed by atoms with Gasteiger partial charge in [-0.1, -0.05) is 19.9 Å². The zero-order valence-corrected chi connectivity index (χ0v) is 8.49. The van der Waals surface area contributed by atoms with Gasteiger partial charge in [-0.3, -0.25) is 4.98 Å². The molecule has 1 aromatic heterocycles. The van der Waals surface area contributed by atoms with Crippen LogP contribution in [0.25, 0.3) is 5.57 Å². The molecule has 0 bridgehead atoms. The second kappa shape index (κ2) is 4.56. The fraction of sp³-hybridized carbons (Fsp3) is 0.273. The third kappa shape index (κ3) is 2.19. The molecule has 0 fully saturated rings. The van der Waals surface area contributed by atoms with Crippen LogP contribution in [0.5, 0.6) is 0 Å². The quantitative estimate of drug-likeness (QED) is 0.715. The van der Waals surface area contributed by atoms with Crippen LogP contribution in [0.3, 0.4) is 0 Å². The van der Waals surface area contributed by atoms with Gasteiger partial charge in [-0.2, -0.15) is 0 Å². The molecule has 74 valence electrons. The minimum absolute atomic E-state index is 0.230. The molecule has 1 heterocycles. The molecule has 1 rings (SSSR count). The average Bonchev–Trinajstić information content (AvgIpc) is 2.20. The Bertz CT molecular complexity index is 339. The van der Waals surface area contributed by atoms with E-state index in [-0.39, 0.29) is 5.92 Å². The third-order valence-electron chi connectivity index (χ3n) is 2.02. The van der Waals surface area contributed by atoms with E-state index in [9.17, 15) is 0 Å². The molecule has 0 spiro atoms. The van der Waals surface area contributed by atoms with Crippen LogP contribution in [0, 0.1) is 11.3 Å². The van der Waals surface area contributed by atoms with E-state index in [0.717, 1.165) is 5.69 Å². The predicted molar refractivity (Wildman–Crippen MR) is 59.0 cm³/mol. The van der Waals surface area contributed by atoms with Gasteiger partial charge in [0.25, 0.3) is 0 Å². The highest BCUT2D eigenvalue weighted by Crippen LogP contribution is 2.16. The van der Waals surface area contributed by atoms with Crippen molar-refractivity contribution < 1.29 is 0 Å². The highest BCUT2D eigenvalue weighted by atomic mass is 14.7. The number of pyridine rings is 1. The highest BCUT2D eigenvalue weighted by Gasteiger charge is 2.07. The Hall–Kier alpha value is -1.64. The Morgan fingerprint density at radius 3 is 2.64 bits per heavy atom. The van der Waals surface area contributed by atoms with Crippen molar-refractivity contribution in [1.82, 2.24) is 4.98 Å². The minimum atomic E-state index is 0.230. The summed E-state index contributed by atoms with van der Waals surface area (Å²) in [6, 6.07) is 5.59. The van der Waals surface area contributed by atoms with Crippen LogP contribution in [-0.4, -0.2) is 11.2 Å². The van der Waals surface area contributed by atoms with Crippen molar-refractivity contribution >= 4 is 11.8 Å². The standard InChI is InChI=1S/C11H15N3/c1-8(2)11(13)9(7-12)10-5-3-4-6-14-10/h3-8,12H,13H2,1-2H3. The highest BCUT2D eigenvalue weighted by molar-refractivity contribution is 6.08.